The molecule has 0 aromatic rings. The van der Waals surface area contributed by atoms with Crippen molar-refractivity contribution in [3.8, 4) is 0 Å². The zero-order chi connectivity index (χ0) is 18.9. The van der Waals surface area contributed by atoms with Gasteiger partial charge >= 0.3 is 0 Å². The van der Waals surface area contributed by atoms with Crippen molar-refractivity contribution in [2.75, 3.05) is 13.2 Å². The van der Waals surface area contributed by atoms with Crippen molar-refractivity contribution in [3.05, 3.63) is 0 Å². The van der Waals surface area contributed by atoms with Crippen LogP contribution in [-0.4, -0.2) is 57.2 Å². The molecule has 0 radical (unpaired) electrons. The Kier molecular flexibility index (Phi) is 4.53. The molecule has 1 spiro atoms. The van der Waals surface area contributed by atoms with Crippen LogP contribution in [0.5, 0.6) is 0 Å². The van der Waals surface area contributed by atoms with Crippen molar-refractivity contribution >= 4 is 8.32 Å². The Morgan fingerprint density at radius 2 is 1.64 bits per heavy atom. The number of ether oxygens (including phenoxy) is 5. The molecule has 0 aromatic heterocycles. The van der Waals surface area contributed by atoms with Crippen LogP contribution < -0.4 is 0 Å². The first-order valence-corrected chi connectivity index (χ1v) is 12.1. The Morgan fingerprint density at radius 1 is 1.00 bits per heavy atom. The Hall–Kier alpha value is -0.0231. The van der Waals surface area contributed by atoms with Gasteiger partial charge < -0.3 is 28.1 Å². The quantitative estimate of drug-likeness (QED) is 0.706. The van der Waals surface area contributed by atoms with Gasteiger partial charge in [-0.25, -0.2) is 0 Å². The number of rotatable bonds is 3. The number of hydrogen-bond acceptors (Lipinski definition) is 6. The van der Waals surface area contributed by atoms with Crippen LogP contribution in [0.2, 0.25) is 18.1 Å². The molecule has 3 saturated heterocycles. The summed E-state index contributed by atoms with van der Waals surface area (Å²) in [7, 11) is -1.88. The third-order valence-electron chi connectivity index (χ3n) is 5.73. The second kappa shape index (κ2) is 5.74. The van der Waals surface area contributed by atoms with Crippen LogP contribution in [0.4, 0.5) is 0 Å². The van der Waals surface area contributed by atoms with Gasteiger partial charge in [0.15, 0.2) is 19.9 Å². The van der Waals surface area contributed by atoms with Crippen molar-refractivity contribution in [3.63, 3.8) is 0 Å². The van der Waals surface area contributed by atoms with E-state index in [2.05, 4.69) is 33.9 Å². The van der Waals surface area contributed by atoms with Crippen LogP contribution in [0.25, 0.3) is 0 Å². The van der Waals surface area contributed by atoms with Crippen molar-refractivity contribution in [1.29, 1.82) is 0 Å². The maximum atomic E-state index is 6.39. The van der Waals surface area contributed by atoms with Gasteiger partial charge in [0.2, 0.25) is 5.79 Å². The van der Waals surface area contributed by atoms with E-state index in [1.165, 1.54) is 0 Å². The molecule has 0 aliphatic carbocycles. The molecule has 25 heavy (non-hydrogen) atoms. The van der Waals surface area contributed by atoms with Crippen LogP contribution >= 0.6 is 0 Å². The van der Waals surface area contributed by atoms with Gasteiger partial charge in [-0.3, -0.25) is 0 Å². The van der Waals surface area contributed by atoms with Gasteiger partial charge in [0.1, 0.15) is 24.9 Å². The molecule has 0 N–H and O–H groups in total. The average molecular weight is 375 g/mol. The van der Waals surface area contributed by atoms with Gasteiger partial charge in [0, 0.05) is 0 Å². The van der Waals surface area contributed by atoms with E-state index in [4.69, 9.17) is 28.1 Å². The van der Waals surface area contributed by atoms with E-state index in [1.54, 1.807) is 0 Å². The predicted molar refractivity (Wildman–Crippen MR) is 95.7 cm³/mol. The molecule has 3 heterocycles. The largest absolute Gasteiger partial charge is 0.414 e. The second-order valence-electron chi connectivity index (χ2n) is 9.85. The summed E-state index contributed by atoms with van der Waals surface area (Å²) < 4.78 is 36.9. The molecule has 0 bridgehead atoms. The molecular formula is C18H34O6Si. The van der Waals surface area contributed by atoms with Crippen LogP contribution in [0, 0.1) is 0 Å². The molecular weight excluding hydrogens is 340 g/mol. The highest BCUT2D eigenvalue weighted by molar-refractivity contribution is 6.74. The topological polar surface area (TPSA) is 55.4 Å². The number of hydrogen-bond donors (Lipinski definition) is 0. The molecule has 7 heteroatoms. The van der Waals surface area contributed by atoms with Crippen LogP contribution in [0.15, 0.2) is 0 Å². The summed E-state index contributed by atoms with van der Waals surface area (Å²) in [6, 6.07) is 0. The minimum absolute atomic E-state index is 0.143. The van der Waals surface area contributed by atoms with Gasteiger partial charge in [-0.1, -0.05) is 20.8 Å². The van der Waals surface area contributed by atoms with Gasteiger partial charge in [0.25, 0.3) is 0 Å². The Balaban J connectivity index is 1.77. The first-order chi connectivity index (χ1) is 11.2. The molecule has 0 saturated carbocycles. The molecule has 0 unspecified atom stereocenters. The van der Waals surface area contributed by atoms with E-state index in [-0.39, 0.29) is 23.4 Å². The minimum atomic E-state index is -1.88. The van der Waals surface area contributed by atoms with Crippen molar-refractivity contribution in [1.82, 2.24) is 0 Å². The zero-order valence-electron chi connectivity index (χ0n) is 17.1. The molecule has 146 valence electrons. The highest BCUT2D eigenvalue weighted by Gasteiger charge is 2.67. The SMILES string of the molecule is CC1(C)O[C@H]2[C@@H](O1)[C@@]1(COC(C)(C)O1)O[C@@H]2CO[Si](C)(C)C(C)(C)C. The van der Waals surface area contributed by atoms with Crippen molar-refractivity contribution in [2.24, 2.45) is 0 Å². The summed E-state index contributed by atoms with van der Waals surface area (Å²) >= 11 is 0. The molecule has 0 aromatic carbocycles. The summed E-state index contributed by atoms with van der Waals surface area (Å²) in [4.78, 5) is 0. The molecule has 3 fully saturated rings. The van der Waals surface area contributed by atoms with Gasteiger partial charge in [0.05, 0.1) is 6.61 Å². The third-order valence-corrected chi connectivity index (χ3v) is 10.2. The van der Waals surface area contributed by atoms with Gasteiger partial charge in [-0.05, 0) is 45.8 Å². The monoisotopic (exact) mass is 374 g/mol. The fourth-order valence-corrected chi connectivity index (χ4v) is 4.39. The lowest BCUT2D eigenvalue weighted by molar-refractivity contribution is -0.297. The molecule has 0 amide bonds. The van der Waals surface area contributed by atoms with Crippen LogP contribution in [0.3, 0.4) is 0 Å². The van der Waals surface area contributed by atoms with Gasteiger partial charge in [-0.15, -0.1) is 0 Å². The van der Waals surface area contributed by atoms with E-state index in [9.17, 15) is 0 Å². The Bertz CT molecular complexity index is 526. The Morgan fingerprint density at radius 3 is 2.16 bits per heavy atom. The zero-order valence-corrected chi connectivity index (χ0v) is 18.1. The second-order valence-corrected chi connectivity index (χ2v) is 14.7. The fraction of sp³-hybridized carbons (Fsp3) is 1.00. The smallest absolute Gasteiger partial charge is 0.224 e. The summed E-state index contributed by atoms with van der Waals surface area (Å²) in [5.41, 5.74) is 0. The van der Waals surface area contributed by atoms with E-state index in [0.717, 1.165) is 0 Å². The van der Waals surface area contributed by atoms with Crippen LogP contribution in [0.1, 0.15) is 48.5 Å². The molecule has 4 atom stereocenters. The number of fused-ring (bicyclic) bond motifs is 2. The lowest BCUT2D eigenvalue weighted by Crippen LogP contribution is -2.46. The van der Waals surface area contributed by atoms with E-state index < -0.39 is 25.7 Å². The molecule has 3 aliphatic rings. The Labute approximate surface area is 152 Å². The highest BCUT2D eigenvalue weighted by atomic mass is 28.4. The normalized spacial score (nSPS) is 40.0. The van der Waals surface area contributed by atoms with Crippen LogP contribution in [-0.2, 0) is 28.1 Å². The minimum Gasteiger partial charge on any atom is -0.414 e. The summed E-state index contributed by atoms with van der Waals surface area (Å²) in [6.45, 7) is 19.6. The lowest BCUT2D eigenvalue weighted by atomic mass is 10.1. The van der Waals surface area contributed by atoms with Gasteiger partial charge in [-0.2, -0.15) is 0 Å². The third kappa shape index (κ3) is 3.57. The summed E-state index contributed by atoms with van der Waals surface area (Å²) in [5, 5.41) is 0.143. The van der Waals surface area contributed by atoms with E-state index >= 15 is 0 Å². The average Bonchev–Trinajstić information content (AvgIpc) is 2.98. The predicted octanol–water partition coefficient (Wildman–Crippen LogP) is 3.41. The summed E-state index contributed by atoms with van der Waals surface area (Å²) in [6.07, 6.45) is -0.784. The van der Waals surface area contributed by atoms with E-state index in [1.807, 2.05) is 27.7 Å². The lowest BCUT2D eigenvalue weighted by Gasteiger charge is -2.37. The van der Waals surface area contributed by atoms with E-state index in [0.29, 0.717) is 13.2 Å². The van der Waals surface area contributed by atoms with Crippen molar-refractivity contribution in [2.45, 2.75) is 102 Å². The molecule has 6 nitrogen and oxygen atoms in total. The first-order valence-electron chi connectivity index (χ1n) is 9.18. The maximum Gasteiger partial charge on any atom is 0.224 e. The standard InChI is InChI=1S/C18H34O6Si/c1-15(2,3)25(8,9)20-10-12-13-14(23-17(6,7)22-13)18(21-12)11-19-16(4,5)24-18/h12-14H,10-11H2,1-9H3/t12-,13-,14-,18+/m1/s1. The highest BCUT2D eigenvalue weighted by Crippen LogP contribution is 2.49. The molecule has 3 aliphatic heterocycles. The molecule has 3 rings (SSSR count). The fourth-order valence-electron chi connectivity index (χ4n) is 3.37. The maximum absolute atomic E-state index is 6.39. The van der Waals surface area contributed by atoms with Crippen molar-refractivity contribution < 1.29 is 28.1 Å². The first kappa shape index (κ1) is 19.7. The summed E-state index contributed by atoms with van der Waals surface area (Å²) in [5.74, 6) is -2.29.